The summed E-state index contributed by atoms with van der Waals surface area (Å²) in [5.74, 6) is 0.443. The number of amides is 1. The van der Waals surface area contributed by atoms with Crippen LogP contribution in [0, 0.1) is 0 Å². The SMILES string of the molecule is CC(C)c1cc2c(cc1N)CC(=O)N2. The predicted octanol–water partition coefficient (Wildman–Crippen LogP) is 1.89. The number of hydrogen-bond donors (Lipinski definition) is 2. The van der Waals surface area contributed by atoms with Crippen LogP contribution in [0.1, 0.15) is 30.9 Å². The van der Waals surface area contributed by atoms with Crippen LogP contribution >= 0.6 is 0 Å². The van der Waals surface area contributed by atoms with E-state index in [9.17, 15) is 4.79 Å². The van der Waals surface area contributed by atoms with Gasteiger partial charge in [-0.2, -0.15) is 0 Å². The van der Waals surface area contributed by atoms with Crippen LogP contribution in [0.3, 0.4) is 0 Å². The van der Waals surface area contributed by atoms with E-state index in [0.29, 0.717) is 12.3 Å². The van der Waals surface area contributed by atoms with Gasteiger partial charge in [0.1, 0.15) is 0 Å². The quantitative estimate of drug-likeness (QED) is 0.664. The first-order valence-corrected chi connectivity index (χ1v) is 4.80. The van der Waals surface area contributed by atoms with Gasteiger partial charge in [-0.1, -0.05) is 13.8 Å². The molecule has 0 unspecified atom stereocenters. The van der Waals surface area contributed by atoms with Gasteiger partial charge in [-0.25, -0.2) is 0 Å². The molecule has 3 nitrogen and oxygen atoms in total. The molecule has 0 spiro atoms. The minimum Gasteiger partial charge on any atom is -0.398 e. The molecule has 3 heteroatoms. The summed E-state index contributed by atoms with van der Waals surface area (Å²) in [5, 5.41) is 2.83. The molecule has 0 atom stereocenters. The highest BCUT2D eigenvalue weighted by Gasteiger charge is 2.19. The third-order valence-corrected chi connectivity index (χ3v) is 2.56. The van der Waals surface area contributed by atoms with Gasteiger partial charge >= 0.3 is 0 Å². The molecular formula is C11H14N2O. The molecule has 1 aromatic carbocycles. The average Bonchev–Trinajstić information content (AvgIpc) is 2.42. The number of rotatable bonds is 1. The van der Waals surface area contributed by atoms with E-state index in [0.717, 1.165) is 22.5 Å². The summed E-state index contributed by atoms with van der Waals surface area (Å²) in [4.78, 5) is 11.1. The Bertz CT molecular complexity index is 397. The number of nitrogen functional groups attached to an aromatic ring is 1. The van der Waals surface area contributed by atoms with Crippen molar-refractivity contribution in [2.75, 3.05) is 11.1 Å². The molecule has 0 fully saturated rings. The zero-order valence-corrected chi connectivity index (χ0v) is 8.42. The zero-order chi connectivity index (χ0) is 10.3. The largest absolute Gasteiger partial charge is 0.398 e. The van der Waals surface area contributed by atoms with Crippen LogP contribution in [-0.4, -0.2) is 5.91 Å². The van der Waals surface area contributed by atoms with Crippen LogP contribution in [0.25, 0.3) is 0 Å². The van der Waals surface area contributed by atoms with Gasteiger partial charge in [0.2, 0.25) is 5.91 Å². The molecule has 14 heavy (non-hydrogen) atoms. The van der Waals surface area contributed by atoms with Crippen molar-refractivity contribution in [3.63, 3.8) is 0 Å². The topological polar surface area (TPSA) is 55.1 Å². The number of carbonyl (C=O) groups is 1. The van der Waals surface area contributed by atoms with E-state index in [2.05, 4.69) is 19.2 Å². The molecule has 0 aliphatic carbocycles. The van der Waals surface area contributed by atoms with Crippen LogP contribution in [-0.2, 0) is 11.2 Å². The fraction of sp³-hybridized carbons (Fsp3) is 0.364. The fourth-order valence-electron chi connectivity index (χ4n) is 1.81. The fourth-order valence-corrected chi connectivity index (χ4v) is 1.81. The van der Waals surface area contributed by atoms with E-state index in [1.165, 1.54) is 0 Å². The van der Waals surface area contributed by atoms with Crippen molar-refractivity contribution < 1.29 is 4.79 Å². The lowest BCUT2D eigenvalue weighted by Gasteiger charge is -2.11. The van der Waals surface area contributed by atoms with Crippen molar-refractivity contribution in [3.05, 3.63) is 23.3 Å². The van der Waals surface area contributed by atoms with Gasteiger partial charge in [0, 0.05) is 11.4 Å². The standard InChI is InChI=1S/C11H14N2O/c1-6(2)8-5-10-7(3-9(8)12)4-11(14)13-10/h3,5-6H,4,12H2,1-2H3,(H,13,14). The van der Waals surface area contributed by atoms with Gasteiger partial charge in [-0.3, -0.25) is 4.79 Å². The third-order valence-electron chi connectivity index (χ3n) is 2.56. The molecule has 0 radical (unpaired) electrons. The summed E-state index contributed by atoms with van der Waals surface area (Å²) in [6.45, 7) is 4.18. The van der Waals surface area contributed by atoms with Crippen LogP contribution < -0.4 is 11.1 Å². The summed E-state index contributed by atoms with van der Waals surface area (Å²) in [5.41, 5.74) is 9.73. The highest BCUT2D eigenvalue weighted by atomic mass is 16.1. The van der Waals surface area contributed by atoms with E-state index in [4.69, 9.17) is 5.73 Å². The minimum absolute atomic E-state index is 0.0558. The summed E-state index contributed by atoms with van der Waals surface area (Å²) < 4.78 is 0. The maximum atomic E-state index is 11.1. The molecule has 0 saturated heterocycles. The Kier molecular flexibility index (Phi) is 1.95. The van der Waals surface area contributed by atoms with Gasteiger partial charge in [-0.05, 0) is 29.2 Å². The van der Waals surface area contributed by atoms with Crippen molar-refractivity contribution in [1.82, 2.24) is 0 Å². The van der Waals surface area contributed by atoms with Gasteiger partial charge in [0.25, 0.3) is 0 Å². The Morgan fingerprint density at radius 2 is 2.14 bits per heavy atom. The average molecular weight is 190 g/mol. The van der Waals surface area contributed by atoms with Crippen LogP contribution in [0.5, 0.6) is 0 Å². The molecule has 2 rings (SSSR count). The summed E-state index contributed by atoms with van der Waals surface area (Å²) in [7, 11) is 0. The van der Waals surface area contributed by atoms with Crippen molar-refractivity contribution in [1.29, 1.82) is 0 Å². The number of nitrogens with one attached hydrogen (secondary N) is 1. The first-order chi connectivity index (χ1) is 6.58. The lowest BCUT2D eigenvalue weighted by Crippen LogP contribution is -2.03. The molecule has 1 aromatic rings. The Hall–Kier alpha value is -1.51. The minimum atomic E-state index is 0.0558. The number of hydrogen-bond acceptors (Lipinski definition) is 2. The monoisotopic (exact) mass is 190 g/mol. The molecule has 1 aliphatic rings. The number of benzene rings is 1. The third kappa shape index (κ3) is 1.35. The van der Waals surface area contributed by atoms with Gasteiger partial charge in [0.15, 0.2) is 0 Å². The van der Waals surface area contributed by atoms with Gasteiger partial charge in [0.05, 0.1) is 6.42 Å². The second kappa shape index (κ2) is 3.01. The highest BCUT2D eigenvalue weighted by Crippen LogP contribution is 2.31. The van der Waals surface area contributed by atoms with E-state index in [1.807, 2.05) is 12.1 Å². The van der Waals surface area contributed by atoms with Crippen molar-refractivity contribution in [3.8, 4) is 0 Å². The first kappa shape index (κ1) is 9.06. The Labute approximate surface area is 83.3 Å². The normalized spacial score (nSPS) is 14.4. The molecule has 0 saturated carbocycles. The first-order valence-electron chi connectivity index (χ1n) is 4.80. The second-order valence-corrected chi connectivity index (χ2v) is 4.02. The maximum absolute atomic E-state index is 11.1. The number of nitrogens with two attached hydrogens (primary N) is 1. The lowest BCUT2D eigenvalue weighted by atomic mass is 9.98. The summed E-state index contributed by atoms with van der Waals surface area (Å²) >= 11 is 0. The molecule has 1 heterocycles. The molecule has 1 aliphatic heterocycles. The molecular weight excluding hydrogens is 176 g/mol. The van der Waals surface area contributed by atoms with Crippen LogP contribution in [0.15, 0.2) is 12.1 Å². The molecule has 74 valence electrons. The molecule has 3 N–H and O–H groups in total. The van der Waals surface area contributed by atoms with Crippen molar-refractivity contribution in [2.45, 2.75) is 26.2 Å². The number of carbonyl (C=O) groups excluding carboxylic acids is 1. The smallest absolute Gasteiger partial charge is 0.228 e. The number of anilines is 2. The Balaban J connectivity index is 2.50. The van der Waals surface area contributed by atoms with Gasteiger partial charge in [-0.15, -0.1) is 0 Å². The second-order valence-electron chi connectivity index (χ2n) is 4.02. The zero-order valence-electron chi connectivity index (χ0n) is 8.42. The molecule has 1 amide bonds. The molecule has 0 aromatic heterocycles. The maximum Gasteiger partial charge on any atom is 0.228 e. The number of fused-ring (bicyclic) bond motifs is 1. The van der Waals surface area contributed by atoms with Crippen molar-refractivity contribution >= 4 is 17.3 Å². The summed E-state index contributed by atoms with van der Waals surface area (Å²) in [6.07, 6.45) is 0.456. The predicted molar refractivity (Wildman–Crippen MR) is 57.3 cm³/mol. The van der Waals surface area contributed by atoms with E-state index < -0.39 is 0 Å². The van der Waals surface area contributed by atoms with Crippen LogP contribution in [0.4, 0.5) is 11.4 Å². The molecule has 0 bridgehead atoms. The Morgan fingerprint density at radius 1 is 1.43 bits per heavy atom. The Morgan fingerprint density at radius 3 is 2.79 bits per heavy atom. The lowest BCUT2D eigenvalue weighted by molar-refractivity contribution is -0.115. The summed E-state index contributed by atoms with van der Waals surface area (Å²) in [6, 6.07) is 3.89. The van der Waals surface area contributed by atoms with E-state index >= 15 is 0 Å². The highest BCUT2D eigenvalue weighted by molar-refractivity contribution is 5.99. The van der Waals surface area contributed by atoms with Crippen LogP contribution in [0.2, 0.25) is 0 Å². The van der Waals surface area contributed by atoms with Crippen molar-refractivity contribution in [2.24, 2.45) is 0 Å². The van der Waals surface area contributed by atoms with E-state index in [-0.39, 0.29) is 5.91 Å². The van der Waals surface area contributed by atoms with E-state index in [1.54, 1.807) is 0 Å². The van der Waals surface area contributed by atoms with Gasteiger partial charge < -0.3 is 11.1 Å².